The number of nitrogens with zero attached hydrogens (tertiary/aromatic N) is 3. The molecule has 8 nitrogen and oxygen atoms in total. The Bertz CT molecular complexity index is 1670. The first-order valence-electron chi connectivity index (χ1n) is 11.5. The lowest BCUT2D eigenvalue weighted by molar-refractivity contribution is 0.111. The molecule has 0 amide bonds. The van der Waals surface area contributed by atoms with Crippen molar-refractivity contribution in [3.63, 3.8) is 0 Å². The summed E-state index contributed by atoms with van der Waals surface area (Å²) in [4.78, 5) is 27.4. The summed E-state index contributed by atoms with van der Waals surface area (Å²) in [6.07, 6.45) is 3.16. The van der Waals surface area contributed by atoms with E-state index in [1.807, 2.05) is 36.4 Å². The van der Waals surface area contributed by atoms with Crippen molar-refractivity contribution in [2.24, 2.45) is 0 Å². The minimum absolute atomic E-state index is 0.230. The number of hydrogen-bond donors (Lipinski definition) is 0. The van der Waals surface area contributed by atoms with Crippen LogP contribution >= 0.6 is 11.6 Å². The molecule has 190 valence electrons. The molecule has 3 aromatic carbocycles. The number of rotatable bonds is 8. The minimum atomic E-state index is 0.230. The fourth-order valence-corrected chi connectivity index (χ4v) is 4.77. The molecule has 2 aromatic heterocycles. The monoisotopic (exact) mass is 527 g/mol. The van der Waals surface area contributed by atoms with Gasteiger partial charge in [-0.25, -0.2) is 9.67 Å². The van der Waals surface area contributed by atoms with Crippen LogP contribution in [0, 0.1) is 0 Å². The maximum absolute atomic E-state index is 11.6. The number of fused-ring (bicyclic) bond motifs is 1. The summed E-state index contributed by atoms with van der Waals surface area (Å²) in [6, 6.07) is 18.4. The zero-order chi connectivity index (χ0) is 26.8. The van der Waals surface area contributed by atoms with Gasteiger partial charge in [0.05, 0.1) is 60.6 Å². The number of pyridine rings is 1. The third-order valence-corrected chi connectivity index (χ3v) is 6.69. The van der Waals surface area contributed by atoms with Gasteiger partial charge in [-0.1, -0.05) is 41.9 Å². The summed E-state index contributed by atoms with van der Waals surface area (Å²) < 4.78 is 17.9. The number of hydrogen-bond acceptors (Lipinski definition) is 7. The average Bonchev–Trinajstić information content (AvgIpc) is 3.40. The smallest absolute Gasteiger partial charge is 0.224 e. The van der Waals surface area contributed by atoms with E-state index in [2.05, 4.69) is 10.1 Å². The second-order valence-electron chi connectivity index (χ2n) is 8.26. The maximum atomic E-state index is 11.6. The molecule has 9 heteroatoms. The van der Waals surface area contributed by atoms with E-state index in [0.29, 0.717) is 57.2 Å². The van der Waals surface area contributed by atoms with Gasteiger partial charge in [-0.3, -0.25) is 9.59 Å². The highest BCUT2D eigenvalue weighted by molar-refractivity contribution is 6.36. The Hall–Kier alpha value is -4.69. The largest absolute Gasteiger partial charge is 0.496 e. The van der Waals surface area contributed by atoms with Gasteiger partial charge in [0.15, 0.2) is 12.6 Å². The Labute approximate surface area is 223 Å². The van der Waals surface area contributed by atoms with Crippen LogP contribution in [0.15, 0.2) is 66.9 Å². The molecule has 0 aliphatic rings. The normalized spacial score (nSPS) is 10.8. The van der Waals surface area contributed by atoms with E-state index in [4.69, 9.17) is 25.8 Å². The summed E-state index contributed by atoms with van der Waals surface area (Å²) in [5, 5.41) is 5.99. The zero-order valence-corrected chi connectivity index (χ0v) is 21.5. The van der Waals surface area contributed by atoms with E-state index in [1.165, 1.54) is 21.3 Å². The standard InChI is InChI=1S/C29H22ClN3O5/c1-36-26-12-18(13-27(37-2)23(26)16-35)33-25-9-5-6-19(22(25)14-31-33)20-7-4-8-21(28(20)30)24-11-10-17(15-34)29(32-24)38-3/h4-16H,1-3H3. The first-order chi connectivity index (χ1) is 18.5. The van der Waals surface area contributed by atoms with E-state index in [1.54, 1.807) is 35.1 Å². The van der Waals surface area contributed by atoms with Crippen LogP contribution < -0.4 is 14.2 Å². The third kappa shape index (κ3) is 4.14. The van der Waals surface area contributed by atoms with Crippen LogP contribution in [-0.4, -0.2) is 48.7 Å². The van der Waals surface area contributed by atoms with Gasteiger partial charge in [-0.15, -0.1) is 0 Å². The second-order valence-corrected chi connectivity index (χ2v) is 8.63. The van der Waals surface area contributed by atoms with Crippen molar-refractivity contribution in [2.45, 2.75) is 0 Å². The molecule has 0 N–H and O–H groups in total. The minimum Gasteiger partial charge on any atom is -0.496 e. The number of ether oxygens (including phenoxy) is 3. The van der Waals surface area contributed by atoms with Crippen LogP contribution in [0.4, 0.5) is 0 Å². The molecule has 5 rings (SSSR count). The Balaban J connectivity index is 1.65. The molecule has 0 aliphatic heterocycles. The molecular weight excluding hydrogens is 506 g/mol. The van der Waals surface area contributed by atoms with Gasteiger partial charge < -0.3 is 14.2 Å². The molecule has 0 saturated carbocycles. The van der Waals surface area contributed by atoms with Crippen LogP contribution in [0.1, 0.15) is 20.7 Å². The van der Waals surface area contributed by atoms with E-state index >= 15 is 0 Å². The van der Waals surface area contributed by atoms with Crippen LogP contribution in [0.2, 0.25) is 5.02 Å². The summed E-state index contributed by atoms with van der Waals surface area (Å²) in [5.74, 6) is 0.996. The van der Waals surface area contributed by atoms with E-state index in [0.717, 1.165) is 22.0 Å². The number of aldehydes is 2. The average molecular weight is 528 g/mol. The molecule has 0 atom stereocenters. The fourth-order valence-electron chi connectivity index (χ4n) is 4.45. The van der Waals surface area contributed by atoms with Crippen molar-refractivity contribution >= 4 is 35.1 Å². The molecule has 5 aromatic rings. The molecular formula is C29H22ClN3O5. The lowest BCUT2D eigenvalue weighted by atomic mass is 9.98. The SMILES string of the molecule is COc1cc(-n2ncc3c(-c4cccc(-c5ccc(C=O)c(OC)n5)c4Cl)cccc32)cc(OC)c1C=O. The predicted octanol–water partition coefficient (Wildman–Crippen LogP) is 6.06. The van der Waals surface area contributed by atoms with Gasteiger partial charge in [-0.2, -0.15) is 5.10 Å². The molecule has 0 fully saturated rings. The van der Waals surface area contributed by atoms with Crippen molar-refractivity contribution in [2.75, 3.05) is 21.3 Å². The molecule has 0 aliphatic carbocycles. The van der Waals surface area contributed by atoms with Crippen LogP contribution in [-0.2, 0) is 0 Å². The topological polar surface area (TPSA) is 92.5 Å². The van der Waals surface area contributed by atoms with Crippen molar-refractivity contribution in [3.8, 4) is 45.5 Å². The van der Waals surface area contributed by atoms with Gasteiger partial charge in [0.2, 0.25) is 5.88 Å². The molecule has 38 heavy (non-hydrogen) atoms. The van der Waals surface area contributed by atoms with Crippen LogP contribution in [0.25, 0.3) is 39.0 Å². The Morgan fingerprint density at radius 1 is 0.816 bits per heavy atom. The van der Waals surface area contributed by atoms with E-state index < -0.39 is 0 Å². The van der Waals surface area contributed by atoms with E-state index in [9.17, 15) is 9.59 Å². The second kappa shape index (κ2) is 10.4. The van der Waals surface area contributed by atoms with Gasteiger partial charge in [0.25, 0.3) is 0 Å². The predicted molar refractivity (Wildman–Crippen MR) is 145 cm³/mol. The van der Waals surface area contributed by atoms with Crippen molar-refractivity contribution in [1.29, 1.82) is 0 Å². The zero-order valence-electron chi connectivity index (χ0n) is 20.8. The van der Waals surface area contributed by atoms with Crippen molar-refractivity contribution < 1.29 is 23.8 Å². The van der Waals surface area contributed by atoms with Gasteiger partial charge >= 0.3 is 0 Å². The lowest BCUT2D eigenvalue weighted by Gasteiger charge is -2.13. The van der Waals surface area contributed by atoms with Crippen molar-refractivity contribution in [3.05, 3.63) is 83.0 Å². The molecule has 0 radical (unpaired) electrons. The third-order valence-electron chi connectivity index (χ3n) is 6.28. The Morgan fingerprint density at radius 2 is 1.50 bits per heavy atom. The summed E-state index contributed by atoms with van der Waals surface area (Å²) in [6.45, 7) is 0. The number of carbonyl (C=O) groups excluding carboxylic acids is 2. The Morgan fingerprint density at radius 3 is 2.16 bits per heavy atom. The number of carbonyl (C=O) groups is 2. The number of aromatic nitrogens is 3. The van der Waals surface area contributed by atoms with Gasteiger partial charge in [0.1, 0.15) is 11.5 Å². The summed E-state index contributed by atoms with van der Waals surface area (Å²) in [7, 11) is 4.46. The Kier molecular flexibility index (Phi) is 6.81. The molecule has 2 heterocycles. The van der Waals surface area contributed by atoms with Crippen molar-refractivity contribution in [1.82, 2.24) is 14.8 Å². The van der Waals surface area contributed by atoms with E-state index in [-0.39, 0.29) is 5.88 Å². The summed E-state index contributed by atoms with van der Waals surface area (Å²) in [5.41, 5.74) is 5.12. The summed E-state index contributed by atoms with van der Waals surface area (Å²) >= 11 is 6.94. The number of methoxy groups -OCH3 is 3. The highest BCUT2D eigenvalue weighted by atomic mass is 35.5. The molecule has 0 spiro atoms. The van der Waals surface area contributed by atoms with Crippen LogP contribution in [0.5, 0.6) is 17.4 Å². The molecule has 0 bridgehead atoms. The first-order valence-corrected chi connectivity index (χ1v) is 11.9. The van der Waals surface area contributed by atoms with Gasteiger partial charge in [0, 0.05) is 28.6 Å². The molecule has 0 unspecified atom stereocenters. The lowest BCUT2D eigenvalue weighted by Crippen LogP contribution is -2.01. The first kappa shape index (κ1) is 25.0. The quantitative estimate of drug-likeness (QED) is 0.226. The highest BCUT2D eigenvalue weighted by Gasteiger charge is 2.18. The fraction of sp³-hybridized carbons (Fsp3) is 0.103. The maximum Gasteiger partial charge on any atom is 0.224 e. The number of halogens is 1. The van der Waals surface area contributed by atoms with Crippen LogP contribution in [0.3, 0.4) is 0 Å². The highest BCUT2D eigenvalue weighted by Crippen LogP contribution is 2.40. The van der Waals surface area contributed by atoms with Gasteiger partial charge in [-0.05, 0) is 23.8 Å². The number of benzene rings is 3. The molecule has 0 saturated heterocycles.